The molecule has 94 valence electrons. The van der Waals surface area contributed by atoms with Crippen molar-refractivity contribution in [2.24, 2.45) is 0 Å². The highest BCUT2D eigenvalue weighted by atomic mass is 32.2. The molecule has 0 aliphatic carbocycles. The summed E-state index contributed by atoms with van der Waals surface area (Å²) in [6, 6.07) is 13.9. The van der Waals surface area contributed by atoms with Gasteiger partial charge in [0.2, 0.25) is 0 Å². The van der Waals surface area contributed by atoms with Crippen LogP contribution in [-0.2, 0) is 9.32 Å². The highest BCUT2D eigenvalue weighted by molar-refractivity contribution is 7.94. The van der Waals surface area contributed by atoms with Gasteiger partial charge < -0.3 is 0 Å². The van der Waals surface area contributed by atoms with Gasteiger partial charge in [-0.25, -0.2) is 0 Å². The van der Waals surface area contributed by atoms with Crippen LogP contribution in [0.3, 0.4) is 0 Å². The van der Waals surface area contributed by atoms with Crippen molar-refractivity contribution in [1.82, 2.24) is 10.5 Å². The first kappa shape index (κ1) is 13.0. The Morgan fingerprint density at radius 2 is 1.89 bits per heavy atom. The molecule has 5 heteroatoms. The molecule has 0 aliphatic heterocycles. The molecule has 1 N–H and O–H groups in total. The summed E-state index contributed by atoms with van der Waals surface area (Å²) >= 11 is 1.15. The Morgan fingerprint density at radius 1 is 1.11 bits per heavy atom. The first-order chi connectivity index (χ1) is 8.79. The van der Waals surface area contributed by atoms with Gasteiger partial charge in [0.25, 0.3) is 0 Å². The second-order valence-electron chi connectivity index (χ2n) is 3.63. The highest BCUT2D eigenvalue weighted by Crippen LogP contribution is 2.23. The van der Waals surface area contributed by atoms with Crippen LogP contribution in [0.1, 0.15) is 5.69 Å². The SMILES string of the molecule is CNOOSc1ccc(-c2cccc(C)n2)cc1. The summed E-state index contributed by atoms with van der Waals surface area (Å²) in [6.07, 6.45) is 0. The lowest BCUT2D eigenvalue weighted by Gasteiger charge is -2.04. The summed E-state index contributed by atoms with van der Waals surface area (Å²) in [5.41, 5.74) is 5.49. The minimum absolute atomic E-state index is 0.960. The molecule has 0 saturated carbocycles. The molecule has 0 amide bonds. The predicted octanol–water partition coefficient (Wildman–Crippen LogP) is 3.15. The first-order valence-corrected chi connectivity index (χ1v) is 6.25. The number of pyridine rings is 1. The van der Waals surface area contributed by atoms with E-state index in [1.54, 1.807) is 7.05 Å². The van der Waals surface area contributed by atoms with Gasteiger partial charge >= 0.3 is 0 Å². The van der Waals surface area contributed by atoms with Crippen molar-refractivity contribution in [2.45, 2.75) is 11.8 Å². The van der Waals surface area contributed by atoms with Crippen LogP contribution in [0.25, 0.3) is 11.3 Å². The van der Waals surface area contributed by atoms with Crippen molar-refractivity contribution in [3.8, 4) is 11.3 Å². The molecule has 0 bridgehead atoms. The zero-order valence-corrected chi connectivity index (χ0v) is 11.0. The molecule has 0 saturated heterocycles. The molecule has 4 nitrogen and oxygen atoms in total. The zero-order chi connectivity index (χ0) is 12.8. The van der Waals surface area contributed by atoms with Crippen molar-refractivity contribution < 1.29 is 9.32 Å². The summed E-state index contributed by atoms with van der Waals surface area (Å²) in [4.78, 5) is 10.0. The van der Waals surface area contributed by atoms with Crippen LogP contribution >= 0.6 is 12.0 Å². The van der Waals surface area contributed by atoms with Gasteiger partial charge in [0.15, 0.2) is 0 Å². The van der Waals surface area contributed by atoms with E-state index in [0.29, 0.717) is 0 Å². The number of hydrogen-bond donors (Lipinski definition) is 1. The molecule has 2 rings (SSSR count). The number of aromatic nitrogens is 1. The van der Waals surface area contributed by atoms with Gasteiger partial charge in [-0.3, -0.25) is 4.98 Å². The topological polar surface area (TPSA) is 43.4 Å². The van der Waals surface area contributed by atoms with E-state index in [1.807, 2.05) is 49.4 Å². The Balaban J connectivity index is 2.07. The number of hydroxylamine groups is 1. The highest BCUT2D eigenvalue weighted by Gasteiger charge is 2.01. The predicted molar refractivity (Wildman–Crippen MR) is 71.5 cm³/mol. The lowest BCUT2D eigenvalue weighted by atomic mass is 10.1. The zero-order valence-electron chi connectivity index (χ0n) is 10.2. The van der Waals surface area contributed by atoms with E-state index >= 15 is 0 Å². The summed E-state index contributed by atoms with van der Waals surface area (Å²) in [6.45, 7) is 1.98. The van der Waals surface area contributed by atoms with Crippen LogP contribution in [0.15, 0.2) is 47.4 Å². The summed E-state index contributed by atoms with van der Waals surface area (Å²) in [5.74, 6) is 0. The third kappa shape index (κ3) is 3.54. The fourth-order valence-electron chi connectivity index (χ4n) is 1.48. The number of hydrogen-bond acceptors (Lipinski definition) is 5. The van der Waals surface area contributed by atoms with Crippen molar-refractivity contribution in [3.05, 3.63) is 48.2 Å². The van der Waals surface area contributed by atoms with Gasteiger partial charge in [0.05, 0.1) is 17.7 Å². The van der Waals surface area contributed by atoms with Crippen molar-refractivity contribution in [2.75, 3.05) is 7.05 Å². The van der Waals surface area contributed by atoms with Crippen molar-refractivity contribution >= 4 is 12.0 Å². The van der Waals surface area contributed by atoms with Crippen LogP contribution in [0.5, 0.6) is 0 Å². The van der Waals surface area contributed by atoms with Gasteiger partial charge in [-0.15, -0.1) is 9.32 Å². The van der Waals surface area contributed by atoms with E-state index in [4.69, 9.17) is 4.33 Å². The lowest BCUT2D eigenvalue weighted by Crippen LogP contribution is -2.03. The van der Waals surface area contributed by atoms with Crippen LogP contribution < -0.4 is 5.48 Å². The summed E-state index contributed by atoms with van der Waals surface area (Å²) in [5, 5.41) is 0. The van der Waals surface area contributed by atoms with Gasteiger partial charge in [0.1, 0.15) is 0 Å². The van der Waals surface area contributed by atoms with Gasteiger partial charge in [-0.1, -0.05) is 18.2 Å². The normalized spacial score (nSPS) is 10.6. The minimum atomic E-state index is 0.960. The van der Waals surface area contributed by atoms with Gasteiger partial charge in [0, 0.05) is 23.2 Å². The second-order valence-corrected chi connectivity index (χ2v) is 4.40. The Morgan fingerprint density at radius 3 is 2.56 bits per heavy atom. The molecule has 18 heavy (non-hydrogen) atoms. The Kier molecular flexibility index (Phi) is 4.72. The first-order valence-electron chi connectivity index (χ1n) is 5.50. The monoisotopic (exact) mass is 262 g/mol. The molecule has 1 heterocycles. The van der Waals surface area contributed by atoms with Gasteiger partial charge in [-0.2, -0.15) is 5.48 Å². The Hall–Kier alpha value is -1.40. The van der Waals surface area contributed by atoms with Crippen LogP contribution in [-0.4, -0.2) is 12.0 Å². The number of nitrogens with zero attached hydrogens (tertiary/aromatic N) is 1. The standard InChI is InChI=1S/C13H14N2O2S/c1-10-4-3-5-13(15-10)11-6-8-12(9-7-11)18-17-16-14-2/h3-9,14H,1-2H3. The van der Waals surface area contributed by atoms with E-state index in [-0.39, 0.29) is 0 Å². The number of aryl methyl sites for hydroxylation is 1. The molecule has 0 fully saturated rings. The number of benzene rings is 1. The molecule has 2 aromatic rings. The van der Waals surface area contributed by atoms with Crippen molar-refractivity contribution in [3.63, 3.8) is 0 Å². The average molecular weight is 262 g/mol. The van der Waals surface area contributed by atoms with Crippen LogP contribution in [0, 0.1) is 6.92 Å². The maximum absolute atomic E-state index is 4.82. The third-order valence-corrected chi connectivity index (χ3v) is 2.89. The Bertz CT molecular complexity index is 503. The van der Waals surface area contributed by atoms with E-state index in [0.717, 1.165) is 33.9 Å². The fourth-order valence-corrected chi connectivity index (χ4v) is 1.90. The van der Waals surface area contributed by atoms with E-state index in [9.17, 15) is 0 Å². The minimum Gasteiger partial charge on any atom is -0.253 e. The van der Waals surface area contributed by atoms with Crippen LogP contribution in [0.4, 0.5) is 0 Å². The largest absolute Gasteiger partial charge is 0.253 e. The van der Waals surface area contributed by atoms with E-state index in [2.05, 4.69) is 15.5 Å². The third-order valence-electron chi connectivity index (χ3n) is 2.29. The fraction of sp³-hybridized carbons (Fsp3) is 0.154. The van der Waals surface area contributed by atoms with Crippen LogP contribution in [0.2, 0.25) is 0 Å². The quantitative estimate of drug-likeness (QED) is 0.388. The molecular weight excluding hydrogens is 248 g/mol. The molecule has 1 aromatic heterocycles. The molecule has 0 aliphatic rings. The molecule has 0 atom stereocenters. The summed E-state index contributed by atoms with van der Waals surface area (Å²) in [7, 11) is 1.63. The van der Waals surface area contributed by atoms with Crippen molar-refractivity contribution in [1.29, 1.82) is 0 Å². The molecule has 0 spiro atoms. The van der Waals surface area contributed by atoms with E-state index < -0.39 is 0 Å². The maximum Gasteiger partial charge on any atom is 0.0705 e. The second kappa shape index (κ2) is 6.51. The van der Waals surface area contributed by atoms with E-state index in [1.165, 1.54) is 0 Å². The number of nitrogens with one attached hydrogen (secondary N) is 1. The molecular formula is C13H14N2O2S. The lowest BCUT2D eigenvalue weighted by molar-refractivity contribution is -0.237. The smallest absolute Gasteiger partial charge is 0.0705 e. The molecule has 1 aromatic carbocycles. The maximum atomic E-state index is 4.82. The van der Waals surface area contributed by atoms with Gasteiger partial charge in [-0.05, 0) is 31.2 Å². The molecule has 0 unspecified atom stereocenters. The Labute approximate surface area is 110 Å². The average Bonchev–Trinajstić information content (AvgIpc) is 2.40. The number of rotatable bonds is 5. The molecule has 0 radical (unpaired) electrons. The summed E-state index contributed by atoms with van der Waals surface area (Å²) < 4.78 is 4.82.